The van der Waals surface area contributed by atoms with Gasteiger partial charge < -0.3 is 15.4 Å². The second-order valence-corrected chi connectivity index (χ2v) is 4.75. The molecule has 0 aliphatic rings. The largest absolute Gasteiger partial charge is 0.452 e. The summed E-state index contributed by atoms with van der Waals surface area (Å²) in [5.74, 6) is -1.17. The van der Waals surface area contributed by atoms with E-state index >= 15 is 0 Å². The van der Waals surface area contributed by atoms with Crippen LogP contribution in [0, 0.1) is 0 Å². The van der Waals surface area contributed by atoms with Crippen LogP contribution in [0.5, 0.6) is 0 Å². The maximum Gasteiger partial charge on any atom is 0.338 e. The van der Waals surface area contributed by atoms with Crippen molar-refractivity contribution in [2.45, 2.75) is 6.92 Å². The summed E-state index contributed by atoms with van der Waals surface area (Å²) in [7, 11) is 0. The number of anilines is 2. The van der Waals surface area contributed by atoms with Crippen LogP contribution in [0.4, 0.5) is 11.4 Å². The van der Waals surface area contributed by atoms with Crippen LogP contribution in [-0.2, 0) is 14.3 Å². The number of amides is 2. The van der Waals surface area contributed by atoms with Gasteiger partial charge in [0.2, 0.25) is 5.91 Å². The van der Waals surface area contributed by atoms with E-state index in [1.807, 2.05) is 0 Å². The fourth-order valence-corrected chi connectivity index (χ4v) is 1.83. The van der Waals surface area contributed by atoms with E-state index in [1.165, 1.54) is 6.92 Å². The third-order valence-corrected chi connectivity index (χ3v) is 2.83. The fraction of sp³-hybridized carbons (Fsp3) is 0.118. The van der Waals surface area contributed by atoms with Gasteiger partial charge in [-0.15, -0.1) is 0 Å². The molecule has 0 aliphatic carbocycles. The lowest BCUT2D eigenvalue weighted by molar-refractivity contribution is -0.119. The molecule has 2 amide bonds. The maximum absolute atomic E-state index is 11.8. The number of rotatable bonds is 5. The SMILES string of the molecule is CC(=O)Nc1ccc(NC(=O)COC(=O)c2ccccc2)cc1. The average Bonchev–Trinajstić information content (AvgIpc) is 2.55. The smallest absolute Gasteiger partial charge is 0.338 e. The molecule has 23 heavy (non-hydrogen) atoms. The molecule has 0 fully saturated rings. The normalized spacial score (nSPS) is 9.78. The highest BCUT2D eigenvalue weighted by molar-refractivity contribution is 5.95. The molecule has 2 rings (SSSR count). The van der Waals surface area contributed by atoms with Crippen LogP contribution in [0.2, 0.25) is 0 Å². The van der Waals surface area contributed by atoms with E-state index in [4.69, 9.17) is 4.74 Å². The molecule has 2 aromatic rings. The van der Waals surface area contributed by atoms with E-state index in [2.05, 4.69) is 10.6 Å². The number of hydrogen-bond donors (Lipinski definition) is 2. The summed E-state index contributed by atoms with van der Waals surface area (Å²) in [6.45, 7) is 1.04. The monoisotopic (exact) mass is 312 g/mol. The highest BCUT2D eigenvalue weighted by atomic mass is 16.5. The van der Waals surface area contributed by atoms with Crippen LogP contribution in [-0.4, -0.2) is 24.4 Å². The first kappa shape index (κ1) is 16.2. The second kappa shape index (κ2) is 7.74. The summed E-state index contributed by atoms with van der Waals surface area (Å²) in [6.07, 6.45) is 0. The Morgan fingerprint density at radius 3 is 2.00 bits per heavy atom. The van der Waals surface area contributed by atoms with Crippen LogP contribution < -0.4 is 10.6 Å². The van der Waals surface area contributed by atoms with Crippen LogP contribution in [0.3, 0.4) is 0 Å². The standard InChI is InChI=1S/C17H16N2O4/c1-12(20)18-14-7-9-15(10-8-14)19-16(21)11-23-17(22)13-5-3-2-4-6-13/h2-10H,11H2,1H3,(H,18,20)(H,19,21). The first-order chi connectivity index (χ1) is 11.0. The summed E-state index contributed by atoms with van der Waals surface area (Å²) in [5.41, 5.74) is 1.56. The van der Waals surface area contributed by atoms with Gasteiger partial charge in [0.1, 0.15) is 0 Å². The van der Waals surface area contributed by atoms with Crippen molar-refractivity contribution in [2.24, 2.45) is 0 Å². The number of carbonyl (C=O) groups excluding carboxylic acids is 3. The maximum atomic E-state index is 11.8. The number of ether oxygens (including phenoxy) is 1. The van der Waals surface area contributed by atoms with Crippen molar-refractivity contribution in [3.8, 4) is 0 Å². The molecule has 2 aromatic carbocycles. The quantitative estimate of drug-likeness (QED) is 0.831. The van der Waals surface area contributed by atoms with Crippen molar-refractivity contribution in [2.75, 3.05) is 17.2 Å². The van der Waals surface area contributed by atoms with E-state index in [0.29, 0.717) is 16.9 Å². The van der Waals surface area contributed by atoms with Crippen LogP contribution >= 0.6 is 0 Å². The first-order valence-electron chi connectivity index (χ1n) is 6.94. The molecule has 0 radical (unpaired) electrons. The molecule has 0 spiro atoms. The Morgan fingerprint density at radius 1 is 0.870 bits per heavy atom. The molecule has 118 valence electrons. The number of esters is 1. The Labute approximate surface area is 133 Å². The van der Waals surface area contributed by atoms with E-state index in [-0.39, 0.29) is 12.5 Å². The van der Waals surface area contributed by atoms with Crippen LogP contribution in [0.25, 0.3) is 0 Å². The van der Waals surface area contributed by atoms with Gasteiger partial charge in [-0.3, -0.25) is 9.59 Å². The molecular formula is C17H16N2O4. The van der Waals surface area contributed by atoms with Gasteiger partial charge in [-0.2, -0.15) is 0 Å². The van der Waals surface area contributed by atoms with E-state index in [0.717, 1.165) is 0 Å². The summed E-state index contributed by atoms with van der Waals surface area (Å²) >= 11 is 0. The Morgan fingerprint density at radius 2 is 1.43 bits per heavy atom. The zero-order valence-corrected chi connectivity index (χ0v) is 12.5. The van der Waals surface area contributed by atoms with Crippen molar-refractivity contribution in [3.63, 3.8) is 0 Å². The van der Waals surface area contributed by atoms with Gasteiger partial charge in [0.15, 0.2) is 6.61 Å². The van der Waals surface area contributed by atoms with E-state index in [1.54, 1.807) is 54.6 Å². The summed E-state index contributed by atoms with van der Waals surface area (Å²) < 4.78 is 4.93. The second-order valence-electron chi connectivity index (χ2n) is 4.75. The molecule has 0 aliphatic heterocycles. The van der Waals surface area contributed by atoms with E-state index < -0.39 is 11.9 Å². The van der Waals surface area contributed by atoms with Gasteiger partial charge in [0.25, 0.3) is 5.91 Å². The summed E-state index contributed by atoms with van der Waals surface area (Å²) in [5, 5.41) is 5.22. The van der Waals surface area contributed by atoms with Gasteiger partial charge in [-0.05, 0) is 36.4 Å². The predicted octanol–water partition coefficient (Wildman–Crippen LogP) is 2.44. The van der Waals surface area contributed by atoms with Crippen molar-refractivity contribution in [1.29, 1.82) is 0 Å². The minimum Gasteiger partial charge on any atom is -0.452 e. The minimum absolute atomic E-state index is 0.172. The molecule has 6 heteroatoms. The van der Waals surface area contributed by atoms with Gasteiger partial charge >= 0.3 is 5.97 Å². The lowest BCUT2D eigenvalue weighted by Crippen LogP contribution is -2.20. The molecule has 6 nitrogen and oxygen atoms in total. The molecule has 0 atom stereocenters. The Balaban J connectivity index is 1.83. The van der Waals surface area contributed by atoms with Gasteiger partial charge in [0, 0.05) is 18.3 Å². The zero-order chi connectivity index (χ0) is 16.7. The topological polar surface area (TPSA) is 84.5 Å². The minimum atomic E-state index is -0.554. The number of hydrogen-bond acceptors (Lipinski definition) is 4. The third kappa shape index (κ3) is 5.28. The first-order valence-corrected chi connectivity index (χ1v) is 6.94. The Kier molecular flexibility index (Phi) is 5.46. The molecule has 0 unspecified atom stereocenters. The van der Waals surface area contributed by atoms with Gasteiger partial charge in [0.05, 0.1) is 5.56 Å². The van der Waals surface area contributed by atoms with Crippen molar-refractivity contribution in [3.05, 3.63) is 60.2 Å². The number of nitrogens with one attached hydrogen (secondary N) is 2. The summed E-state index contributed by atoms with van der Waals surface area (Å²) in [4.78, 5) is 34.4. The summed E-state index contributed by atoms with van der Waals surface area (Å²) in [6, 6.07) is 15.0. The number of benzene rings is 2. The average molecular weight is 312 g/mol. The van der Waals surface area contributed by atoms with Crippen molar-refractivity contribution >= 4 is 29.2 Å². The van der Waals surface area contributed by atoms with Gasteiger partial charge in [-0.1, -0.05) is 18.2 Å². The van der Waals surface area contributed by atoms with Gasteiger partial charge in [-0.25, -0.2) is 4.79 Å². The van der Waals surface area contributed by atoms with Crippen molar-refractivity contribution < 1.29 is 19.1 Å². The van der Waals surface area contributed by atoms with Crippen LogP contribution in [0.15, 0.2) is 54.6 Å². The predicted molar refractivity (Wildman–Crippen MR) is 86.1 cm³/mol. The third-order valence-electron chi connectivity index (χ3n) is 2.83. The van der Waals surface area contributed by atoms with E-state index in [9.17, 15) is 14.4 Å². The Hall–Kier alpha value is -3.15. The number of carbonyl (C=O) groups is 3. The fourth-order valence-electron chi connectivity index (χ4n) is 1.83. The lowest BCUT2D eigenvalue weighted by Gasteiger charge is -2.08. The molecule has 0 saturated heterocycles. The Bertz CT molecular complexity index is 696. The van der Waals surface area contributed by atoms with Crippen LogP contribution in [0.1, 0.15) is 17.3 Å². The highest BCUT2D eigenvalue weighted by Gasteiger charge is 2.09. The highest BCUT2D eigenvalue weighted by Crippen LogP contribution is 2.13. The molecule has 0 saturated carbocycles. The molecule has 2 N–H and O–H groups in total. The molecular weight excluding hydrogens is 296 g/mol. The molecule has 0 aromatic heterocycles. The van der Waals surface area contributed by atoms with Crippen molar-refractivity contribution in [1.82, 2.24) is 0 Å². The lowest BCUT2D eigenvalue weighted by atomic mass is 10.2. The molecule has 0 heterocycles. The zero-order valence-electron chi connectivity index (χ0n) is 12.5. The molecule has 0 bridgehead atoms.